The first-order valence-electron chi connectivity index (χ1n) is 7.02. The molecule has 0 aromatic heterocycles. The minimum atomic E-state index is 0.340. The van der Waals surface area contributed by atoms with Gasteiger partial charge in [-0.2, -0.15) is 0 Å². The van der Waals surface area contributed by atoms with E-state index in [1.165, 1.54) is 32.3 Å². The maximum Gasteiger partial charge on any atom is 0.0361 e. The summed E-state index contributed by atoms with van der Waals surface area (Å²) in [7, 11) is 2.04. The van der Waals surface area contributed by atoms with Crippen LogP contribution in [0.1, 0.15) is 33.9 Å². The Morgan fingerprint density at radius 3 is 2.20 bits per heavy atom. The quantitative estimate of drug-likeness (QED) is 0.842. The lowest BCUT2D eigenvalue weighted by molar-refractivity contribution is 0.585. The molecule has 20 heavy (non-hydrogen) atoms. The minimum Gasteiger partial charge on any atom is -0.313 e. The SMILES string of the molecule is CNC(Cc1c(C)cccc1C)c1cccc(Br)c1C. The van der Waals surface area contributed by atoms with Crippen molar-refractivity contribution in [2.45, 2.75) is 33.2 Å². The van der Waals surface area contributed by atoms with Crippen LogP contribution in [-0.4, -0.2) is 7.05 Å². The molecular weight excluding hydrogens is 310 g/mol. The van der Waals surface area contributed by atoms with Crippen molar-refractivity contribution in [1.29, 1.82) is 0 Å². The second-order valence-corrected chi connectivity index (χ2v) is 6.22. The Morgan fingerprint density at radius 1 is 1.00 bits per heavy atom. The molecule has 0 saturated carbocycles. The molecule has 0 saturated heterocycles. The third-order valence-corrected chi connectivity index (χ3v) is 4.95. The zero-order valence-electron chi connectivity index (χ0n) is 12.6. The lowest BCUT2D eigenvalue weighted by Crippen LogP contribution is -2.20. The second-order valence-electron chi connectivity index (χ2n) is 5.37. The van der Waals surface area contributed by atoms with E-state index < -0.39 is 0 Å². The monoisotopic (exact) mass is 331 g/mol. The van der Waals surface area contributed by atoms with Crippen LogP contribution in [-0.2, 0) is 6.42 Å². The third-order valence-electron chi connectivity index (χ3n) is 4.09. The van der Waals surface area contributed by atoms with Crippen LogP contribution in [0.2, 0.25) is 0 Å². The fourth-order valence-electron chi connectivity index (χ4n) is 2.74. The summed E-state index contributed by atoms with van der Waals surface area (Å²) in [5.74, 6) is 0. The van der Waals surface area contributed by atoms with Gasteiger partial charge >= 0.3 is 0 Å². The molecule has 0 radical (unpaired) electrons. The van der Waals surface area contributed by atoms with Crippen molar-refractivity contribution in [1.82, 2.24) is 5.32 Å². The van der Waals surface area contributed by atoms with Gasteiger partial charge in [0.05, 0.1) is 0 Å². The van der Waals surface area contributed by atoms with Crippen LogP contribution in [0.3, 0.4) is 0 Å². The van der Waals surface area contributed by atoms with Gasteiger partial charge in [-0.05, 0) is 68.1 Å². The molecule has 1 nitrogen and oxygen atoms in total. The van der Waals surface area contributed by atoms with E-state index in [1.807, 2.05) is 7.05 Å². The fraction of sp³-hybridized carbons (Fsp3) is 0.333. The van der Waals surface area contributed by atoms with Crippen molar-refractivity contribution in [2.75, 3.05) is 7.05 Å². The molecule has 0 aliphatic heterocycles. The number of nitrogens with one attached hydrogen (secondary N) is 1. The van der Waals surface area contributed by atoms with E-state index in [1.54, 1.807) is 0 Å². The van der Waals surface area contributed by atoms with Gasteiger partial charge in [-0.1, -0.05) is 46.3 Å². The number of likely N-dealkylation sites (N-methyl/N-ethyl adjacent to an activating group) is 1. The molecule has 2 aromatic rings. The van der Waals surface area contributed by atoms with Crippen LogP contribution in [0, 0.1) is 20.8 Å². The highest BCUT2D eigenvalue weighted by Crippen LogP contribution is 2.28. The summed E-state index contributed by atoms with van der Waals surface area (Å²) in [6.45, 7) is 6.57. The number of aryl methyl sites for hydroxylation is 2. The van der Waals surface area contributed by atoms with Crippen LogP contribution in [0.4, 0.5) is 0 Å². The van der Waals surface area contributed by atoms with Gasteiger partial charge in [0.15, 0.2) is 0 Å². The summed E-state index contributed by atoms with van der Waals surface area (Å²) in [5, 5.41) is 3.47. The molecule has 0 amide bonds. The molecule has 2 rings (SSSR count). The Bertz CT molecular complexity index is 584. The molecule has 0 aliphatic carbocycles. The maximum absolute atomic E-state index is 3.63. The molecule has 1 unspecified atom stereocenters. The third kappa shape index (κ3) is 3.13. The van der Waals surface area contributed by atoms with E-state index in [0.29, 0.717) is 6.04 Å². The normalized spacial score (nSPS) is 12.4. The van der Waals surface area contributed by atoms with E-state index in [0.717, 1.165) is 6.42 Å². The van der Waals surface area contributed by atoms with Crippen molar-refractivity contribution in [2.24, 2.45) is 0 Å². The first-order chi connectivity index (χ1) is 9.54. The largest absolute Gasteiger partial charge is 0.313 e. The van der Waals surface area contributed by atoms with Gasteiger partial charge in [-0.15, -0.1) is 0 Å². The predicted octanol–water partition coefficient (Wildman–Crippen LogP) is 4.88. The number of hydrogen-bond donors (Lipinski definition) is 1. The molecule has 0 aliphatic rings. The Labute approximate surface area is 130 Å². The summed E-state index contributed by atoms with van der Waals surface area (Å²) in [6.07, 6.45) is 1.02. The number of hydrogen-bond acceptors (Lipinski definition) is 1. The Balaban J connectivity index is 2.37. The van der Waals surface area contributed by atoms with E-state index in [2.05, 4.69) is 78.4 Å². The molecule has 0 heterocycles. The average Bonchev–Trinajstić information content (AvgIpc) is 2.42. The van der Waals surface area contributed by atoms with E-state index in [4.69, 9.17) is 0 Å². The summed E-state index contributed by atoms with van der Waals surface area (Å²) >= 11 is 3.63. The highest BCUT2D eigenvalue weighted by molar-refractivity contribution is 9.10. The molecule has 2 aromatic carbocycles. The van der Waals surface area contributed by atoms with Gasteiger partial charge in [0.2, 0.25) is 0 Å². The van der Waals surface area contributed by atoms with Crippen molar-refractivity contribution in [3.63, 3.8) is 0 Å². The van der Waals surface area contributed by atoms with Crippen LogP contribution in [0.15, 0.2) is 40.9 Å². The summed E-state index contributed by atoms with van der Waals surface area (Å²) in [4.78, 5) is 0. The van der Waals surface area contributed by atoms with Crippen molar-refractivity contribution in [3.05, 3.63) is 68.7 Å². The molecule has 2 heteroatoms. The van der Waals surface area contributed by atoms with Gasteiger partial charge in [0.25, 0.3) is 0 Å². The molecule has 1 atom stereocenters. The number of halogens is 1. The Hall–Kier alpha value is -1.12. The standard InChI is InChI=1S/C18H22BrN/c1-12-7-5-8-13(2)16(12)11-18(20-4)15-9-6-10-17(19)14(15)3/h5-10,18,20H,11H2,1-4H3. The smallest absolute Gasteiger partial charge is 0.0361 e. The minimum absolute atomic E-state index is 0.340. The predicted molar refractivity (Wildman–Crippen MR) is 90.3 cm³/mol. The van der Waals surface area contributed by atoms with Crippen molar-refractivity contribution < 1.29 is 0 Å². The first-order valence-corrected chi connectivity index (χ1v) is 7.81. The van der Waals surface area contributed by atoms with Crippen LogP contribution >= 0.6 is 15.9 Å². The van der Waals surface area contributed by atoms with E-state index in [-0.39, 0.29) is 0 Å². The topological polar surface area (TPSA) is 12.0 Å². The molecule has 0 fully saturated rings. The second kappa shape index (κ2) is 6.55. The van der Waals surface area contributed by atoms with Crippen molar-refractivity contribution in [3.8, 4) is 0 Å². The van der Waals surface area contributed by atoms with E-state index in [9.17, 15) is 0 Å². The zero-order valence-corrected chi connectivity index (χ0v) is 14.2. The maximum atomic E-state index is 3.63. The first kappa shape index (κ1) is 15.3. The van der Waals surface area contributed by atoms with Gasteiger partial charge < -0.3 is 5.32 Å². The molecule has 0 spiro atoms. The number of rotatable bonds is 4. The summed E-state index contributed by atoms with van der Waals surface area (Å²) in [6, 6.07) is 13.3. The fourth-order valence-corrected chi connectivity index (χ4v) is 3.13. The lowest BCUT2D eigenvalue weighted by atomic mass is 9.91. The lowest BCUT2D eigenvalue weighted by Gasteiger charge is -2.22. The Morgan fingerprint density at radius 2 is 1.60 bits per heavy atom. The van der Waals surface area contributed by atoms with Gasteiger partial charge in [0.1, 0.15) is 0 Å². The van der Waals surface area contributed by atoms with Crippen LogP contribution < -0.4 is 5.32 Å². The average molecular weight is 332 g/mol. The molecule has 1 N–H and O–H groups in total. The highest BCUT2D eigenvalue weighted by Gasteiger charge is 2.15. The molecule has 0 bridgehead atoms. The van der Waals surface area contributed by atoms with Gasteiger partial charge in [0, 0.05) is 10.5 Å². The van der Waals surface area contributed by atoms with Crippen LogP contribution in [0.25, 0.3) is 0 Å². The van der Waals surface area contributed by atoms with Crippen LogP contribution in [0.5, 0.6) is 0 Å². The summed E-state index contributed by atoms with van der Waals surface area (Å²) < 4.78 is 1.18. The van der Waals surface area contributed by atoms with E-state index >= 15 is 0 Å². The number of benzene rings is 2. The van der Waals surface area contributed by atoms with Gasteiger partial charge in [-0.25, -0.2) is 0 Å². The molecular formula is C18H22BrN. The molecule has 106 valence electrons. The zero-order chi connectivity index (χ0) is 14.7. The van der Waals surface area contributed by atoms with Crippen molar-refractivity contribution >= 4 is 15.9 Å². The van der Waals surface area contributed by atoms with Gasteiger partial charge in [-0.3, -0.25) is 0 Å². The highest BCUT2D eigenvalue weighted by atomic mass is 79.9. The Kier molecular flexibility index (Phi) is 5.00. The summed E-state index contributed by atoms with van der Waals surface area (Å²) in [5.41, 5.74) is 6.88.